The summed E-state index contributed by atoms with van der Waals surface area (Å²) >= 11 is 0. The highest BCUT2D eigenvalue weighted by atomic mass is 31.2. The summed E-state index contributed by atoms with van der Waals surface area (Å²) in [6, 6.07) is -1.53. The first kappa shape index (κ1) is 59.2. The summed E-state index contributed by atoms with van der Waals surface area (Å²) in [4.78, 5) is 46.1. The summed E-state index contributed by atoms with van der Waals surface area (Å²) in [6.07, 6.45) is 53.0. The fourth-order valence-electron chi connectivity index (χ4n) is 6.51. The van der Waals surface area contributed by atoms with Crippen molar-refractivity contribution in [3.8, 4) is 0 Å². The molecule has 1 unspecified atom stereocenters. The van der Waals surface area contributed by atoms with Gasteiger partial charge in [0.2, 0.25) is 0 Å². The number of carbonyl (C=O) groups excluding carboxylic acids is 2. The predicted molar refractivity (Wildman–Crippen MR) is 254 cm³/mol. The third kappa shape index (κ3) is 43.8. The summed E-state index contributed by atoms with van der Waals surface area (Å²) in [5.74, 6) is -2.45. The van der Waals surface area contributed by atoms with Crippen molar-refractivity contribution in [3.05, 3.63) is 60.8 Å². The topological polar surface area (TPSA) is 172 Å². The molecule has 0 rings (SSSR count). The van der Waals surface area contributed by atoms with Crippen LogP contribution in [-0.4, -0.2) is 59.9 Å². The molecule has 358 valence electrons. The lowest BCUT2D eigenvalue weighted by Gasteiger charge is -2.20. The summed E-state index contributed by atoms with van der Waals surface area (Å²) in [5, 5.41) is 8.91. The van der Waals surface area contributed by atoms with Gasteiger partial charge in [0.25, 0.3) is 0 Å². The molecule has 0 spiro atoms. The Kier molecular flexibility index (Phi) is 42.7. The number of nitrogens with two attached hydrogens (primary N) is 1. The molecule has 0 fully saturated rings. The van der Waals surface area contributed by atoms with Crippen molar-refractivity contribution in [1.82, 2.24) is 0 Å². The van der Waals surface area contributed by atoms with E-state index in [1.54, 1.807) is 0 Å². The Morgan fingerprint density at radius 2 is 0.903 bits per heavy atom. The Balaban J connectivity index is 4.33. The van der Waals surface area contributed by atoms with E-state index in [0.29, 0.717) is 19.3 Å². The standard InChI is InChI=1S/C50H88NO10P/c1-3-5-7-9-11-13-15-17-19-21-22-23-24-26-28-30-32-34-36-38-40-42-49(53)61-46(44-59-62(56,57)60-45-47(51)50(54)55)43-58-48(52)41-39-37-35-33-31-29-27-25-20-18-16-14-12-10-8-6-4-2/h6,8,12,14,18,20,27,29,33,35,46-47H,3-5,7,9-11,13,15-17,19,21-26,28,30-32,34,36-45,51H2,1-2H3,(H,54,55)(H,56,57)/b8-6+,14-12+,20-18+,29-27+,35-33+/t46-,47+/m1/s1. The number of ether oxygens (including phenoxy) is 2. The molecule has 0 aliphatic carbocycles. The fourth-order valence-corrected chi connectivity index (χ4v) is 7.29. The van der Waals surface area contributed by atoms with E-state index in [2.05, 4.69) is 67.0 Å². The van der Waals surface area contributed by atoms with E-state index in [9.17, 15) is 23.8 Å². The van der Waals surface area contributed by atoms with Crippen molar-refractivity contribution in [1.29, 1.82) is 0 Å². The van der Waals surface area contributed by atoms with Crippen molar-refractivity contribution >= 4 is 25.7 Å². The number of aliphatic carboxylic acids is 1. The lowest BCUT2D eigenvalue weighted by molar-refractivity contribution is -0.161. The van der Waals surface area contributed by atoms with Crippen molar-refractivity contribution in [3.63, 3.8) is 0 Å². The van der Waals surface area contributed by atoms with Crippen LogP contribution in [0.2, 0.25) is 0 Å². The molecule has 3 atom stereocenters. The lowest BCUT2D eigenvalue weighted by Crippen LogP contribution is -2.34. The molecule has 0 bridgehead atoms. The van der Waals surface area contributed by atoms with Crippen molar-refractivity contribution in [2.24, 2.45) is 5.73 Å². The first-order chi connectivity index (χ1) is 30.1. The fraction of sp³-hybridized carbons (Fsp3) is 0.740. The number of phosphoric ester groups is 1. The lowest BCUT2D eigenvalue weighted by atomic mass is 10.0. The van der Waals surface area contributed by atoms with Crippen molar-refractivity contribution in [2.75, 3.05) is 19.8 Å². The number of carboxylic acid groups (broad SMARTS) is 1. The van der Waals surface area contributed by atoms with Crippen LogP contribution in [0.4, 0.5) is 0 Å². The SMILES string of the molecule is CC/C=C/C/C=C/C/C=C/C/C=C/C/C=C/CCCC(=O)OC[C@H](COP(=O)(O)OC[C@H](N)C(=O)O)OC(=O)CCCCCCCCCCCCCCCCCCCCCCC. The quantitative estimate of drug-likeness (QED) is 0.0230. The third-order valence-corrected chi connectivity index (χ3v) is 11.2. The molecule has 0 aliphatic rings. The molecule has 0 aromatic heterocycles. The van der Waals surface area contributed by atoms with Gasteiger partial charge in [-0.1, -0.05) is 203 Å². The van der Waals surface area contributed by atoms with Crippen LogP contribution in [0.15, 0.2) is 60.8 Å². The number of carboxylic acids is 1. The highest BCUT2D eigenvalue weighted by Gasteiger charge is 2.28. The van der Waals surface area contributed by atoms with Gasteiger partial charge in [0.05, 0.1) is 13.2 Å². The van der Waals surface area contributed by atoms with Gasteiger partial charge in [-0.3, -0.25) is 23.4 Å². The highest BCUT2D eigenvalue weighted by Crippen LogP contribution is 2.43. The first-order valence-electron chi connectivity index (χ1n) is 24.3. The van der Waals surface area contributed by atoms with Crippen LogP contribution < -0.4 is 5.73 Å². The minimum Gasteiger partial charge on any atom is -0.480 e. The molecule has 12 heteroatoms. The number of phosphoric acid groups is 1. The molecule has 0 aromatic rings. The summed E-state index contributed by atoms with van der Waals surface area (Å²) in [6.45, 7) is 2.66. The van der Waals surface area contributed by atoms with E-state index >= 15 is 0 Å². The van der Waals surface area contributed by atoms with Gasteiger partial charge >= 0.3 is 25.7 Å². The van der Waals surface area contributed by atoms with E-state index in [4.69, 9.17) is 24.8 Å². The summed E-state index contributed by atoms with van der Waals surface area (Å²) in [5.41, 5.74) is 5.34. The second-order valence-corrected chi connectivity index (χ2v) is 17.7. The number of hydrogen-bond acceptors (Lipinski definition) is 9. The maximum absolute atomic E-state index is 12.7. The molecule has 62 heavy (non-hydrogen) atoms. The van der Waals surface area contributed by atoms with Crippen LogP contribution in [0, 0.1) is 0 Å². The van der Waals surface area contributed by atoms with E-state index in [0.717, 1.165) is 51.4 Å². The second-order valence-electron chi connectivity index (χ2n) is 16.2. The molecule has 0 aliphatic heterocycles. The van der Waals surface area contributed by atoms with Gasteiger partial charge in [0.15, 0.2) is 6.10 Å². The minimum atomic E-state index is -4.73. The van der Waals surface area contributed by atoms with Gasteiger partial charge in [-0.15, -0.1) is 0 Å². The first-order valence-corrected chi connectivity index (χ1v) is 25.8. The van der Waals surface area contributed by atoms with Gasteiger partial charge in [-0.2, -0.15) is 0 Å². The molecule has 4 N–H and O–H groups in total. The van der Waals surface area contributed by atoms with E-state index < -0.39 is 51.1 Å². The van der Waals surface area contributed by atoms with Crippen LogP contribution >= 0.6 is 7.82 Å². The number of allylic oxidation sites excluding steroid dienone is 10. The molecule has 0 radical (unpaired) electrons. The number of esters is 2. The zero-order valence-corrected chi connectivity index (χ0v) is 39.8. The molecule has 0 saturated heterocycles. The molecular formula is C50H88NO10P. The number of carbonyl (C=O) groups is 3. The van der Waals surface area contributed by atoms with Crippen molar-refractivity contribution in [2.45, 2.75) is 219 Å². The Labute approximate surface area is 377 Å². The average molecular weight is 894 g/mol. The van der Waals surface area contributed by atoms with Gasteiger partial charge in [0, 0.05) is 12.8 Å². The van der Waals surface area contributed by atoms with Crippen molar-refractivity contribution < 1.29 is 47.5 Å². The number of unbranched alkanes of at least 4 members (excludes halogenated alkanes) is 21. The van der Waals surface area contributed by atoms with E-state index in [-0.39, 0.29) is 19.4 Å². The van der Waals surface area contributed by atoms with Crippen LogP contribution in [-0.2, 0) is 37.5 Å². The van der Waals surface area contributed by atoms with Gasteiger partial charge < -0.3 is 25.2 Å². The van der Waals surface area contributed by atoms with Gasteiger partial charge in [0.1, 0.15) is 12.6 Å². The second kappa shape index (κ2) is 44.8. The minimum absolute atomic E-state index is 0.143. The molecule has 0 saturated carbocycles. The van der Waals surface area contributed by atoms with Gasteiger partial charge in [-0.05, 0) is 51.4 Å². The Morgan fingerprint density at radius 1 is 0.516 bits per heavy atom. The third-order valence-electron chi connectivity index (χ3n) is 10.3. The summed E-state index contributed by atoms with van der Waals surface area (Å²) in [7, 11) is -4.73. The number of rotatable bonds is 45. The largest absolute Gasteiger partial charge is 0.480 e. The Morgan fingerprint density at radius 3 is 1.34 bits per heavy atom. The average Bonchev–Trinajstić information content (AvgIpc) is 3.25. The van der Waals surface area contributed by atoms with E-state index in [1.165, 1.54) is 109 Å². The monoisotopic (exact) mass is 894 g/mol. The van der Waals surface area contributed by atoms with Gasteiger partial charge in [-0.25, -0.2) is 4.57 Å². The van der Waals surface area contributed by atoms with E-state index in [1.807, 2.05) is 12.2 Å². The molecule has 0 heterocycles. The smallest absolute Gasteiger partial charge is 0.472 e. The Bertz CT molecular complexity index is 1280. The maximum atomic E-state index is 12.7. The molecule has 0 aromatic carbocycles. The zero-order chi connectivity index (χ0) is 45.6. The molecule has 0 amide bonds. The highest BCUT2D eigenvalue weighted by molar-refractivity contribution is 7.47. The predicted octanol–water partition coefficient (Wildman–Crippen LogP) is 13.5. The zero-order valence-electron chi connectivity index (χ0n) is 38.9. The molecular weight excluding hydrogens is 806 g/mol. The normalized spacial score (nSPS) is 14.1. The van der Waals surface area contributed by atoms with Crippen LogP contribution in [0.3, 0.4) is 0 Å². The number of hydrogen-bond donors (Lipinski definition) is 3. The molecule has 11 nitrogen and oxygen atoms in total. The van der Waals surface area contributed by atoms with Crippen LogP contribution in [0.5, 0.6) is 0 Å². The van der Waals surface area contributed by atoms with Crippen LogP contribution in [0.1, 0.15) is 206 Å². The van der Waals surface area contributed by atoms with Crippen LogP contribution in [0.25, 0.3) is 0 Å². The maximum Gasteiger partial charge on any atom is 0.472 e. The summed E-state index contributed by atoms with van der Waals surface area (Å²) < 4.78 is 32.7. The Hall–Kier alpha value is -2.82.